The van der Waals surface area contributed by atoms with Crippen LogP contribution in [0, 0.1) is 0 Å². The molecule has 0 spiro atoms. The Balaban J connectivity index is 3.32. The van der Waals surface area contributed by atoms with Gasteiger partial charge in [0.25, 0.3) is 0 Å². The van der Waals surface area contributed by atoms with Gasteiger partial charge in [0.15, 0.2) is 0 Å². The van der Waals surface area contributed by atoms with Crippen LogP contribution in [-0.4, -0.2) is 23.8 Å². The first-order valence-corrected chi connectivity index (χ1v) is 6.55. The summed E-state index contributed by atoms with van der Waals surface area (Å²) < 4.78 is 0. The average Bonchev–Trinajstić information content (AvgIpc) is 2.20. The van der Waals surface area contributed by atoms with Crippen molar-refractivity contribution in [2.75, 3.05) is 13.1 Å². The fraction of sp³-hybridized carbons (Fsp3) is 1.00. The Hall–Kier alpha value is -0.0800. The summed E-state index contributed by atoms with van der Waals surface area (Å²) in [6, 6.07) is 0. The molecule has 0 aliphatic rings. The van der Waals surface area contributed by atoms with Crippen LogP contribution in [0.4, 0.5) is 0 Å². The van der Waals surface area contributed by atoms with E-state index in [1.807, 2.05) is 6.92 Å². The van der Waals surface area contributed by atoms with E-state index >= 15 is 0 Å². The third-order valence-electron chi connectivity index (χ3n) is 2.82. The first-order chi connectivity index (χ1) is 7.12. The van der Waals surface area contributed by atoms with Gasteiger partial charge in [0.1, 0.15) is 0 Å². The topological polar surface area (TPSA) is 32.3 Å². The average molecular weight is 215 g/mol. The van der Waals surface area contributed by atoms with Crippen molar-refractivity contribution in [2.24, 2.45) is 0 Å². The van der Waals surface area contributed by atoms with Crippen molar-refractivity contribution >= 4 is 0 Å². The van der Waals surface area contributed by atoms with Gasteiger partial charge < -0.3 is 10.4 Å². The second kappa shape index (κ2) is 9.17. The molecule has 0 rings (SSSR count). The fourth-order valence-electron chi connectivity index (χ4n) is 1.77. The number of hydrogen-bond acceptors (Lipinski definition) is 2. The van der Waals surface area contributed by atoms with Gasteiger partial charge in [-0.2, -0.15) is 0 Å². The van der Waals surface area contributed by atoms with Crippen molar-refractivity contribution in [2.45, 2.75) is 71.3 Å². The normalized spacial score (nSPS) is 15.2. The lowest BCUT2D eigenvalue weighted by Gasteiger charge is -2.23. The first kappa shape index (κ1) is 14.9. The molecule has 0 aliphatic carbocycles. The van der Waals surface area contributed by atoms with Crippen molar-refractivity contribution in [3.05, 3.63) is 0 Å². The van der Waals surface area contributed by atoms with E-state index in [-0.39, 0.29) is 0 Å². The Morgan fingerprint density at radius 3 is 2.20 bits per heavy atom. The van der Waals surface area contributed by atoms with Crippen molar-refractivity contribution in [1.29, 1.82) is 0 Å². The smallest absolute Gasteiger partial charge is 0.0743 e. The fourth-order valence-corrected chi connectivity index (χ4v) is 1.77. The van der Waals surface area contributed by atoms with E-state index in [0.29, 0.717) is 0 Å². The maximum absolute atomic E-state index is 9.99. The van der Waals surface area contributed by atoms with Crippen LogP contribution < -0.4 is 5.32 Å². The quantitative estimate of drug-likeness (QED) is 0.549. The van der Waals surface area contributed by atoms with Gasteiger partial charge in [-0.15, -0.1) is 0 Å². The van der Waals surface area contributed by atoms with Crippen molar-refractivity contribution < 1.29 is 5.11 Å². The van der Waals surface area contributed by atoms with Crippen LogP contribution in [0.2, 0.25) is 0 Å². The SMILES string of the molecule is CCCCCCCCC(C)(O)CNCC. The number of rotatable bonds is 10. The molecule has 0 aliphatic heterocycles. The summed E-state index contributed by atoms with van der Waals surface area (Å²) in [6.07, 6.45) is 8.68. The molecule has 92 valence electrons. The summed E-state index contributed by atoms with van der Waals surface area (Å²) in [5.74, 6) is 0. The van der Waals surface area contributed by atoms with Crippen LogP contribution in [0.5, 0.6) is 0 Å². The number of nitrogens with one attached hydrogen (secondary N) is 1. The minimum atomic E-state index is -0.513. The monoisotopic (exact) mass is 215 g/mol. The lowest BCUT2D eigenvalue weighted by molar-refractivity contribution is 0.0486. The molecule has 0 saturated carbocycles. The van der Waals surface area contributed by atoms with Gasteiger partial charge >= 0.3 is 0 Å². The molecule has 0 aromatic rings. The van der Waals surface area contributed by atoms with E-state index in [4.69, 9.17) is 0 Å². The van der Waals surface area contributed by atoms with Gasteiger partial charge in [-0.3, -0.25) is 0 Å². The summed E-state index contributed by atoms with van der Waals surface area (Å²) >= 11 is 0. The highest BCUT2D eigenvalue weighted by Gasteiger charge is 2.18. The Morgan fingerprint density at radius 1 is 1.00 bits per heavy atom. The van der Waals surface area contributed by atoms with E-state index in [1.54, 1.807) is 0 Å². The minimum Gasteiger partial charge on any atom is -0.389 e. The van der Waals surface area contributed by atoms with Crippen LogP contribution in [-0.2, 0) is 0 Å². The molecule has 1 unspecified atom stereocenters. The molecular formula is C13H29NO. The molecule has 0 aromatic heterocycles. The predicted molar refractivity (Wildman–Crippen MR) is 67.2 cm³/mol. The summed E-state index contributed by atoms with van der Waals surface area (Å²) in [4.78, 5) is 0. The van der Waals surface area contributed by atoms with E-state index in [2.05, 4.69) is 19.2 Å². The summed E-state index contributed by atoms with van der Waals surface area (Å²) in [5.41, 5.74) is -0.513. The second-order valence-corrected chi connectivity index (χ2v) is 4.80. The van der Waals surface area contributed by atoms with Gasteiger partial charge in [0.2, 0.25) is 0 Å². The number of aliphatic hydroxyl groups is 1. The highest BCUT2D eigenvalue weighted by Crippen LogP contribution is 2.15. The second-order valence-electron chi connectivity index (χ2n) is 4.80. The molecule has 0 radical (unpaired) electrons. The maximum Gasteiger partial charge on any atom is 0.0743 e. The molecule has 0 heterocycles. The van der Waals surface area contributed by atoms with E-state index in [0.717, 1.165) is 25.9 Å². The standard InChI is InChI=1S/C13H29NO/c1-4-6-7-8-9-10-11-13(3,15)12-14-5-2/h14-15H,4-12H2,1-3H3. The van der Waals surface area contributed by atoms with Crippen LogP contribution in [0.15, 0.2) is 0 Å². The summed E-state index contributed by atoms with van der Waals surface area (Å²) in [6.45, 7) is 7.90. The van der Waals surface area contributed by atoms with E-state index < -0.39 is 5.60 Å². The Bertz CT molecular complexity index is 134. The number of hydrogen-bond donors (Lipinski definition) is 2. The molecular weight excluding hydrogens is 186 g/mol. The molecule has 15 heavy (non-hydrogen) atoms. The third kappa shape index (κ3) is 10.2. The number of unbranched alkanes of at least 4 members (excludes halogenated alkanes) is 5. The Kier molecular flexibility index (Phi) is 9.12. The maximum atomic E-state index is 9.99. The molecule has 0 amide bonds. The molecule has 0 saturated heterocycles. The van der Waals surface area contributed by atoms with Crippen molar-refractivity contribution in [3.8, 4) is 0 Å². The van der Waals surface area contributed by atoms with E-state index in [1.165, 1.54) is 32.1 Å². The summed E-state index contributed by atoms with van der Waals surface area (Å²) in [5, 5.41) is 13.2. The molecule has 0 aromatic carbocycles. The highest BCUT2D eigenvalue weighted by molar-refractivity contribution is 4.74. The molecule has 2 heteroatoms. The first-order valence-electron chi connectivity index (χ1n) is 6.55. The van der Waals surface area contributed by atoms with Crippen LogP contribution in [0.1, 0.15) is 65.7 Å². The highest BCUT2D eigenvalue weighted by atomic mass is 16.3. The molecule has 2 nitrogen and oxygen atoms in total. The van der Waals surface area contributed by atoms with Crippen molar-refractivity contribution in [1.82, 2.24) is 5.32 Å². The van der Waals surface area contributed by atoms with Crippen LogP contribution in [0.25, 0.3) is 0 Å². The van der Waals surface area contributed by atoms with Gasteiger partial charge in [-0.05, 0) is 19.9 Å². The molecule has 0 bridgehead atoms. The van der Waals surface area contributed by atoms with Gasteiger partial charge in [-0.1, -0.05) is 52.4 Å². The Morgan fingerprint density at radius 2 is 1.60 bits per heavy atom. The van der Waals surface area contributed by atoms with Crippen LogP contribution >= 0.6 is 0 Å². The largest absolute Gasteiger partial charge is 0.389 e. The molecule has 2 N–H and O–H groups in total. The third-order valence-corrected chi connectivity index (χ3v) is 2.82. The molecule has 0 fully saturated rings. The zero-order valence-electron chi connectivity index (χ0n) is 10.8. The van der Waals surface area contributed by atoms with Crippen LogP contribution in [0.3, 0.4) is 0 Å². The summed E-state index contributed by atoms with van der Waals surface area (Å²) in [7, 11) is 0. The zero-order chi connectivity index (χ0) is 11.6. The predicted octanol–water partition coefficient (Wildman–Crippen LogP) is 3.10. The lowest BCUT2D eigenvalue weighted by atomic mass is 9.97. The van der Waals surface area contributed by atoms with Gasteiger partial charge in [-0.25, -0.2) is 0 Å². The van der Waals surface area contributed by atoms with Gasteiger partial charge in [0.05, 0.1) is 5.60 Å². The van der Waals surface area contributed by atoms with Crippen molar-refractivity contribution in [3.63, 3.8) is 0 Å². The zero-order valence-corrected chi connectivity index (χ0v) is 10.8. The minimum absolute atomic E-state index is 0.513. The number of likely N-dealkylation sites (N-methyl/N-ethyl adjacent to an activating group) is 1. The van der Waals surface area contributed by atoms with E-state index in [9.17, 15) is 5.11 Å². The lowest BCUT2D eigenvalue weighted by Crippen LogP contribution is -2.37. The Labute approximate surface area is 95.5 Å². The molecule has 1 atom stereocenters. The van der Waals surface area contributed by atoms with Gasteiger partial charge in [0, 0.05) is 6.54 Å².